The van der Waals surface area contributed by atoms with Crippen LogP contribution in [-0.2, 0) is 20.0 Å². The van der Waals surface area contributed by atoms with E-state index in [4.69, 9.17) is 16.6 Å². The van der Waals surface area contributed by atoms with E-state index in [9.17, 15) is 21.2 Å². The maximum Gasteiger partial charge on any atom is 0.241 e. The number of nitrogens with two attached hydrogens (primary N) is 3. The molecule has 2 aromatic rings. The lowest BCUT2D eigenvalue weighted by atomic mass is 9.94. The van der Waals surface area contributed by atoms with Crippen molar-refractivity contribution in [2.24, 2.45) is 22.5 Å². The van der Waals surface area contributed by atoms with Gasteiger partial charge in [-0.3, -0.25) is 0 Å². The van der Waals surface area contributed by atoms with Gasteiger partial charge in [-0.25, -0.2) is 31.1 Å². The number of benzene rings is 1. The van der Waals surface area contributed by atoms with E-state index in [1.54, 1.807) is 4.90 Å². The van der Waals surface area contributed by atoms with E-state index in [0.717, 1.165) is 6.07 Å². The van der Waals surface area contributed by atoms with Crippen LogP contribution in [0.5, 0.6) is 0 Å². The Hall–Kier alpha value is -2.24. The zero-order chi connectivity index (χ0) is 23.5. The number of H-pyrrole nitrogens is 1. The lowest BCUT2D eigenvalue weighted by Crippen LogP contribution is -2.44. The Morgan fingerprint density at radius 1 is 1.25 bits per heavy atom. The SMILES string of the molecule is NCCCNS(=O)(=O)c1ccc(N2CCC(CN)C(F)C2)c(-c2nn[nH]n2)c1S(N)(=O)=O. The first-order valence-electron chi connectivity index (χ1n) is 9.82. The molecule has 0 bridgehead atoms. The van der Waals surface area contributed by atoms with E-state index >= 15 is 0 Å². The van der Waals surface area contributed by atoms with Crippen LogP contribution in [0, 0.1) is 5.92 Å². The number of hydrogen-bond acceptors (Lipinski definition) is 10. The summed E-state index contributed by atoms with van der Waals surface area (Å²) in [5, 5.41) is 18.7. The highest BCUT2D eigenvalue weighted by Crippen LogP contribution is 2.39. The molecule has 16 heteroatoms. The number of nitrogens with one attached hydrogen (secondary N) is 2. The number of aromatic amines is 1. The van der Waals surface area contributed by atoms with E-state index in [1.807, 2.05) is 0 Å². The molecular formula is C16H26FN9O4S2. The van der Waals surface area contributed by atoms with Crippen molar-refractivity contribution in [1.82, 2.24) is 25.3 Å². The molecule has 1 fully saturated rings. The maximum atomic E-state index is 14.6. The Bertz CT molecular complexity index is 1140. The Balaban J connectivity index is 2.21. The number of anilines is 1. The Kier molecular flexibility index (Phi) is 7.41. The minimum atomic E-state index is -4.60. The summed E-state index contributed by atoms with van der Waals surface area (Å²) in [7, 11) is -8.89. The third-order valence-electron chi connectivity index (χ3n) is 5.24. The molecule has 32 heavy (non-hydrogen) atoms. The summed E-state index contributed by atoms with van der Waals surface area (Å²) in [6.45, 7) is 0.704. The normalized spacial score (nSPS) is 19.9. The molecule has 1 saturated heterocycles. The van der Waals surface area contributed by atoms with E-state index < -0.39 is 36.0 Å². The Labute approximate surface area is 185 Å². The van der Waals surface area contributed by atoms with Gasteiger partial charge < -0.3 is 16.4 Å². The monoisotopic (exact) mass is 491 g/mol. The van der Waals surface area contributed by atoms with Gasteiger partial charge >= 0.3 is 0 Å². The van der Waals surface area contributed by atoms with Crippen LogP contribution in [0.2, 0.25) is 0 Å². The van der Waals surface area contributed by atoms with Gasteiger partial charge in [0.25, 0.3) is 0 Å². The molecule has 1 aromatic heterocycles. The van der Waals surface area contributed by atoms with Crippen molar-refractivity contribution < 1.29 is 21.2 Å². The van der Waals surface area contributed by atoms with Gasteiger partial charge in [0.05, 0.1) is 5.56 Å². The van der Waals surface area contributed by atoms with Crippen LogP contribution in [0.1, 0.15) is 12.8 Å². The van der Waals surface area contributed by atoms with Crippen molar-refractivity contribution in [3.8, 4) is 11.4 Å². The van der Waals surface area contributed by atoms with Crippen LogP contribution in [0.4, 0.5) is 10.1 Å². The fraction of sp³-hybridized carbons (Fsp3) is 0.562. The van der Waals surface area contributed by atoms with Crippen LogP contribution < -0.4 is 26.2 Å². The van der Waals surface area contributed by atoms with Crippen molar-refractivity contribution in [2.45, 2.75) is 28.8 Å². The van der Waals surface area contributed by atoms with Crippen LogP contribution in [0.25, 0.3) is 11.4 Å². The second-order valence-electron chi connectivity index (χ2n) is 7.35. The minimum absolute atomic E-state index is 0.00167. The predicted molar refractivity (Wildman–Crippen MR) is 114 cm³/mol. The lowest BCUT2D eigenvalue weighted by Gasteiger charge is -2.36. The van der Waals surface area contributed by atoms with Crippen molar-refractivity contribution in [3.05, 3.63) is 12.1 Å². The van der Waals surface area contributed by atoms with E-state index in [1.165, 1.54) is 6.07 Å². The minimum Gasteiger partial charge on any atom is -0.368 e. The summed E-state index contributed by atoms with van der Waals surface area (Å²) in [6, 6.07) is 2.50. The van der Waals surface area contributed by atoms with Gasteiger partial charge in [-0.05, 0) is 43.3 Å². The molecule has 13 nitrogen and oxygen atoms in total. The van der Waals surface area contributed by atoms with Crippen molar-refractivity contribution in [2.75, 3.05) is 37.6 Å². The number of hydrogen-bond donors (Lipinski definition) is 5. The quantitative estimate of drug-likeness (QED) is 0.249. The first-order valence-corrected chi connectivity index (χ1v) is 12.9. The molecule has 3 rings (SSSR count). The van der Waals surface area contributed by atoms with Gasteiger partial charge in [0.2, 0.25) is 25.9 Å². The second-order valence-corrected chi connectivity index (χ2v) is 10.6. The van der Waals surface area contributed by atoms with Gasteiger partial charge in [-0.15, -0.1) is 10.2 Å². The summed E-state index contributed by atoms with van der Waals surface area (Å²) < 4.78 is 67.9. The number of halogens is 1. The van der Waals surface area contributed by atoms with Crippen LogP contribution in [0.15, 0.2) is 21.9 Å². The Morgan fingerprint density at radius 3 is 2.56 bits per heavy atom. The summed E-state index contributed by atoms with van der Waals surface area (Å²) in [4.78, 5) is 0.317. The smallest absolute Gasteiger partial charge is 0.241 e. The van der Waals surface area contributed by atoms with Crippen molar-refractivity contribution in [3.63, 3.8) is 0 Å². The molecule has 2 unspecified atom stereocenters. The van der Waals surface area contributed by atoms with Gasteiger partial charge in [0.15, 0.2) is 0 Å². The van der Waals surface area contributed by atoms with Crippen LogP contribution in [-0.4, -0.2) is 76.4 Å². The second kappa shape index (κ2) is 9.72. The van der Waals surface area contributed by atoms with Crippen molar-refractivity contribution in [1.29, 1.82) is 0 Å². The molecule has 1 aliphatic heterocycles. The maximum absolute atomic E-state index is 14.6. The molecule has 0 saturated carbocycles. The van der Waals surface area contributed by atoms with E-state index in [0.29, 0.717) is 19.4 Å². The molecule has 0 spiro atoms. The van der Waals surface area contributed by atoms with Gasteiger partial charge in [0.1, 0.15) is 16.0 Å². The number of aromatic nitrogens is 4. The number of tetrazole rings is 1. The first-order chi connectivity index (χ1) is 15.1. The zero-order valence-corrected chi connectivity index (χ0v) is 18.7. The molecule has 178 valence electrons. The molecule has 2 atom stereocenters. The molecule has 8 N–H and O–H groups in total. The highest BCUT2D eigenvalue weighted by molar-refractivity contribution is 7.92. The molecule has 0 amide bonds. The summed E-state index contributed by atoms with van der Waals surface area (Å²) >= 11 is 0. The highest BCUT2D eigenvalue weighted by atomic mass is 32.2. The average molecular weight is 492 g/mol. The summed E-state index contributed by atoms with van der Waals surface area (Å²) in [5.74, 6) is -0.525. The third-order valence-corrected chi connectivity index (χ3v) is 7.86. The number of primary sulfonamides is 1. The Morgan fingerprint density at radius 2 is 2.00 bits per heavy atom. The topological polar surface area (TPSA) is 216 Å². The number of alkyl halides is 1. The average Bonchev–Trinajstić information content (AvgIpc) is 3.26. The van der Waals surface area contributed by atoms with E-state index in [-0.39, 0.29) is 49.2 Å². The van der Waals surface area contributed by atoms with Crippen molar-refractivity contribution >= 4 is 25.7 Å². The van der Waals surface area contributed by atoms with Gasteiger partial charge in [0, 0.05) is 31.2 Å². The molecule has 0 radical (unpaired) electrons. The zero-order valence-electron chi connectivity index (χ0n) is 17.1. The molecule has 1 aromatic carbocycles. The fourth-order valence-electron chi connectivity index (χ4n) is 3.62. The predicted octanol–water partition coefficient (Wildman–Crippen LogP) is -1.74. The molecule has 0 aliphatic carbocycles. The molecule has 1 aliphatic rings. The summed E-state index contributed by atoms with van der Waals surface area (Å²) in [6.07, 6.45) is -0.492. The largest absolute Gasteiger partial charge is 0.368 e. The number of sulfonamides is 2. The fourth-order valence-corrected chi connectivity index (χ4v) is 6.29. The first kappa shape index (κ1) is 24.4. The number of nitrogens with zero attached hydrogens (tertiary/aromatic N) is 4. The molecular weight excluding hydrogens is 465 g/mol. The van der Waals surface area contributed by atoms with Crippen LogP contribution >= 0.6 is 0 Å². The van der Waals surface area contributed by atoms with Gasteiger partial charge in [-0.1, -0.05) is 0 Å². The van der Waals surface area contributed by atoms with E-state index in [2.05, 4.69) is 25.3 Å². The number of rotatable bonds is 9. The van der Waals surface area contributed by atoms with Crippen LogP contribution in [0.3, 0.4) is 0 Å². The van der Waals surface area contributed by atoms with Gasteiger partial charge in [-0.2, -0.15) is 5.21 Å². The number of piperidine rings is 1. The molecule has 2 heterocycles. The summed E-state index contributed by atoms with van der Waals surface area (Å²) in [5.41, 5.74) is 11.0. The standard InChI is InChI=1S/C16H26FN9O4S2/c17-11-9-26(7-4-10(11)8-19)12-2-3-13(32(29,30)21-6-1-5-18)15(31(20,27)28)14(12)16-22-24-25-23-16/h2-3,10-11,21H,1,4-9,18-19H2,(H2,20,27,28)(H,22,23,24,25). The lowest BCUT2D eigenvalue weighted by molar-refractivity contribution is 0.202. The third kappa shape index (κ3) is 5.05. The highest BCUT2D eigenvalue weighted by Gasteiger charge is 2.35.